The van der Waals surface area contributed by atoms with Gasteiger partial charge in [0.05, 0.1) is 0 Å². The van der Waals surface area contributed by atoms with Crippen LogP contribution in [0, 0.1) is 6.92 Å². The summed E-state index contributed by atoms with van der Waals surface area (Å²) >= 11 is 0. The largest absolute Gasteiger partial charge is 0.359 e. The molecule has 0 aliphatic heterocycles. The molecule has 3 heteroatoms. The van der Waals surface area contributed by atoms with Crippen molar-refractivity contribution in [3.8, 4) is 0 Å². The van der Waals surface area contributed by atoms with Crippen molar-refractivity contribution in [3.05, 3.63) is 47.5 Å². The lowest BCUT2D eigenvalue weighted by Crippen LogP contribution is -2.32. The molecule has 0 aromatic heterocycles. The Balaban J connectivity index is 2.11. The first-order valence-corrected chi connectivity index (χ1v) is 7.03. The van der Waals surface area contributed by atoms with Crippen LogP contribution in [0.5, 0.6) is 0 Å². The number of carbonyl (C=O) groups excluding carboxylic acids is 1. The molecule has 1 atom stereocenters. The Morgan fingerprint density at radius 2 is 1.85 bits per heavy atom. The summed E-state index contributed by atoms with van der Waals surface area (Å²) in [5.41, 5.74) is 2.57. The zero-order chi connectivity index (χ0) is 14.5. The quantitative estimate of drug-likeness (QED) is 0.877. The maximum atomic E-state index is 11.3. The van der Waals surface area contributed by atoms with Crippen molar-refractivity contribution >= 4 is 16.7 Å². The van der Waals surface area contributed by atoms with Gasteiger partial charge in [-0.05, 0) is 35.7 Å². The van der Waals surface area contributed by atoms with Crippen LogP contribution >= 0.6 is 0 Å². The predicted octanol–water partition coefficient (Wildman–Crippen LogP) is 2.76. The zero-order valence-electron chi connectivity index (χ0n) is 12.4. The van der Waals surface area contributed by atoms with Gasteiger partial charge in [0, 0.05) is 26.1 Å². The molecule has 0 aliphatic carbocycles. The molecule has 2 aromatic rings. The highest BCUT2D eigenvalue weighted by Gasteiger charge is 2.08. The third-order valence-corrected chi connectivity index (χ3v) is 3.64. The van der Waals surface area contributed by atoms with Crippen LogP contribution in [0.1, 0.15) is 24.5 Å². The van der Waals surface area contributed by atoms with Gasteiger partial charge in [0.25, 0.3) is 0 Å². The van der Waals surface area contributed by atoms with E-state index < -0.39 is 0 Å². The molecule has 0 heterocycles. The topological polar surface area (TPSA) is 41.1 Å². The monoisotopic (exact) mass is 270 g/mol. The highest BCUT2D eigenvalue weighted by atomic mass is 16.1. The van der Waals surface area contributed by atoms with Crippen molar-refractivity contribution in [2.24, 2.45) is 0 Å². The highest BCUT2D eigenvalue weighted by molar-refractivity contribution is 5.88. The third-order valence-electron chi connectivity index (χ3n) is 3.64. The molecule has 0 aliphatic rings. The second-order valence-corrected chi connectivity index (χ2v) is 5.25. The first-order chi connectivity index (χ1) is 9.61. The van der Waals surface area contributed by atoms with Gasteiger partial charge >= 0.3 is 0 Å². The number of carbonyl (C=O) groups is 1. The van der Waals surface area contributed by atoms with Crippen LogP contribution in [0.3, 0.4) is 0 Å². The molecule has 0 bridgehead atoms. The van der Waals surface area contributed by atoms with Gasteiger partial charge < -0.3 is 10.6 Å². The maximum absolute atomic E-state index is 11.3. The van der Waals surface area contributed by atoms with Gasteiger partial charge in [-0.25, -0.2) is 0 Å². The fourth-order valence-electron chi connectivity index (χ4n) is 2.40. The average molecular weight is 270 g/mol. The number of aryl methyl sites for hydroxylation is 1. The summed E-state index contributed by atoms with van der Waals surface area (Å²) in [6.07, 6.45) is 0.500. The Bertz CT molecular complexity index is 607. The second kappa shape index (κ2) is 6.53. The Morgan fingerprint density at radius 3 is 2.55 bits per heavy atom. The van der Waals surface area contributed by atoms with Crippen molar-refractivity contribution < 1.29 is 4.79 Å². The molecule has 0 radical (unpaired) electrons. The summed E-state index contributed by atoms with van der Waals surface area (Å²) in [5.74, 6) is 0.0683. The van der Waals surface area contributed by atoms with Crippen molar-refractivity contribution in [2.75, 3.05) is 7.05 Å². The number of fused-ring (bicyclic) bond motifs is 1. The molecular formula is C17H22N2O. The molecule has 0 saturated heterocycles. The summed E-state index contributed by atoms with van der Waals surface area (Å²) in [4.78, 5) is 11.3. The number of hydrogen-bond donors (Lipinski definition) is 2. The molecule has 2 aromatic carbocycles. The minimum atomic E-state index is 0.0683. The molecule has 1 amide bonds. The first kappa shape index (κ1) is 14.5. The van der Waals surface area contributed by atoms with E-state index in [0.717, 1.165) is 6.54 Å². The standard InChI is InChI=1S/C17H22N2O/c1-12-8-9-14(16-7-5-4-6-15(12)16)11-19-13(2)10-17(20)18-3/h4-9,13,19H,10-11H2,1-3H3,(H,18,20). The van der Waals surface area contributed by atoms with E-state index in [1.54, 1.807) is 7.05 Å². The third kappa shape index (κ3) is 3.36. The van der Waals surface area contributed by atoms with Crippen molar-refractivity contribution in [1.29, 1.82) is 0 Å². The number of amides is 1. The lowest BCUT2D eigenvalue weighted by Gasteiger charge is -2.15. The molecule has 2 N–H and O–H groups in total. The van der Waals surface area contributed by atoms with Crippen LogP contribution in [-0.2, 0) is 11.3 Å². The SMILES string of the molecule is CNC(=O)CC(C)NCc1ccc(C)c2ccccc12. The van der Waals surface area contributed by atoms with E-state index in [2.05, 4.69) is 54.0 Å². The zero-order valence-corrected chi connectivity index (χ0v) is 12.4. The Hall–Kier alpha value is -1.87. The molecule has 1 unspecified atom stereocenters. The van der Waals surface area contributed by atoms with Crippen LogP contribution in [0.2, 0.25) is 0 Å². The minimum absolute atomic E-state index is 0.0683. The summed E-state index contributed by atoms with van der Waals surface area (Å²) in [5, 5.41) is 8.65. The van der Waals surface area contributed by atoms with Crippen molar-refractivity contribution in [2.45, 2.75) is 32.9 Å². The van der Waals surface area contributed by atoms with Crippen LogP contribution in [0.25, 0.3) is 10.8 Å². The molecule has 2 rings (SSSR count). The number of nitrogens with one attached hydrogen (secondary N) is 2. The lowest BCUT2D eigenvalue weighted by molar-refractivity contribution is -0.121. The number of rotatable bonds is 5. The van der Waals surface area contributed by atoms with E-state index in [0.29, 0.717) is 6.42 Å². The Kier molecular flexibility index (Phi) is 4.74. The Labute approximate surface area is 120 Å². The maximum Gasteiger partial charge on any atom is 0.221 e. The molecule has 0 spiro atoms. The smallest absolute Gasteiger partial charge is 0.221 e. The molecule has 0 fully saturated rings. The minimum Gasteiger partial charge on any atom is -0.359 e. The number of benzene rings is 2. The van der Waals surface area contributed by atoms with Crippen molar-refractivity contribution in [1.82, 2.24) is 10.6 Å². The molecule has 3 nitrogen and oxygen atoms in total. The van der Waals surface area contributed by atoms with E-state index in [9.17, 15) is 4.79 Å². The molecular weight excluding hydrogens is 248 g/mol. The van der Waals surface area contributed by atoms with Gasteiger partial charge in [0.15, 0.2) is 0 Å². The fraction of sp³-hybridized carbons (Fsp3) is 0.353. The van der Waals surface area contributed by atoms with Crippen molar-refractivity contribution in [3.63, 3.8) is 0 Å². The summed E-state index contributed by atoms with van der Waals surface area (Å²) < 4.78 is 0. The van der Waals surface area contributed by atoms with Gasteiger partial charge in [-0.3, -0.25) is 4.79 Å². The molecule has 20 heavy (non-hydrogen) atoms. The van der Waals surface area contributed by atoms with Crippen LogP contribution in [0.15, 0.2) is 36.4 Å². The predicted molar refractivity (Wildman–Crippen MR) is 83.7 cm³/mol. The van der Waals surface area contributed by atoms with Crippen LogP contribution in [-0.4, -0.2) is 19.0 Å². The average Bonchev–Trinajstić information content (AvgIpc) is 2.46. The molecule has 0 saturated carbocycles. The van der Waals surface area contributed by atoms with Gasteiger partial charge in [-0.15, -0.1) is 0 Å². The van der Waals surface area contributed by atoms with E-state index in [1.165, 1.54) is 21.9 Å². The van der Waals surface area contributed by atoms with Gasteiger partial charge in [0.2, 0.25) is 5.91 Å². The first-order valence-electron chi connectivity index (χ1n) is 7.03. The summed E-state index contributed by atoms with van der Waals surface area (Å²) in [7, 11) is 1.67. The van der Waals surface area contributed by atoms with E-state index >= 15 is 0 Å². The van der Waals surface area contributed by atoms with E-state index in [-0.39, 0.29) is 11.9 Å². The normalized spacial score (nSPS) is 12.3. The highest BCUT2D eigenvalue weighted by Crippen LogP contribution is 2.22. The lowest BCUT2D eigenvalue weighted by atomic mass is 10.00. The summed E-state index contributed by atoms with van der Waals surface area (Å²) in [6.45, 7) is 4.94. The Morgan fingerprint density at radius 1 is 1.15 bits per heavy atom. The van der Waals surface area contributed by atoms with E-state index in [1.807, 2.05) is 6.92 Å². The van der Waals surface area contributed by atoms with Gasteiger partial charge in [-0.1, -0.05) is 36.4 Å². The molecule has 106 valence electrons. The van der Waals surface area contributed by atoms with Crippen LogP contribution in [0.4, 0.5) is 0 Å². The van der Waals surface area contributed by atoms with Gasteiger partial charge in [0.1, 0.15) is 0 Å². The van der Waals surface area contributed by atoms with E-state index in [4.69, 9.17) is 0 Å². The summed E-state index contributed by atoms with van der Waals surface area (Å²) in [6, 6.07) is 12.9. The van der Waals surface area contributed by atoms with Crippen LogP contribution < -0.4 is 10.6 Å². The fourth-order valence-corrected chi connectivity index (χ4v) is 2.40. The second-order valence-electron chi connectivity index (χ2n) is 5.25. The number of hydrogen-bond acceptors (Lipinski definition) is 2. The van der Waals surface area contributed by atoms with Gasteiger partial charge in [-0.2, -0.15) is 0 Å².